The smallest absolute Gasteiger partial charge is 0.278 e. The molecule has 0 aliphatic carbocycles. The van der Waals surface area contributed by atoms with Crippen LogP contribution in [0, 0.1) is 0 Å². The van der Waals surface area contributed by atoms with Gasteiger partial charge in [-0.1, -0.05) is 48.5 Å². The molecule has 126 valence electrons. The average Bonchev–Trinajstić information content (AvgIpc) is 3.26. The van der Waals surface area contributed by atoms with Crippen LogP contribution in [0.2, 0.25) is 0 Å². The summed E-state index contributed by atoms with van der Waals surface area (Å²) in [4.78, 5) is 31.7. The highest BCUT2D eigenvalue weighted by atomic mass is 16.2. The Hall–Kier alpha value is -3.67. The summed E-state index contributed by atoms with van der Waals surface area (Å²) in [6, 6.07) is 20.8. The summed E-state index contributed by atoms with van der Waals surface area (Å²) in [5.41, 5.74) is 3.35. The molecule has 6 heteroatoms. The number of benzene rings is 2. The van der Waals surface area contributed by atoms with E-state index in [0.717, 1.165) is 16.9 Å². The molecule has 0 radical (unpaired) electrons. The number of para-hydroxylation sites is 1. The molecule has 0 fully saturated rings. The van der Waals surface area contributed by atoms with E-state index < -0.39 is 0 Å². The average molecular weight is 342 g/mol. The van der Waals surface area contributed by atoms with Crippen LogP contribution in [0.25, 0.3) is 16.9 Å². The van der Waals surface area contributed by atoms with Crippen molar-refractivity contribution in [2.24, 2.45) is 0 Å². The molecular weight excluding hydrogens is 328 g/mol. The number of aromatic nitrogens is 3. The number of aromatic amines is 1. The van der Waals surface area contributed by atoms with Crippen LogP contribution in [0.15, 0.2) is 71.5 Å². The Labute approximate surface area is 148 Å². The lowest BCUT2D eigenvalue weighted by Crippen LogP contribution is -2.23. The molecule has 2 aromatic carbocycles. The van der Waals surface area contributed by atoms with Gasteiger partial charge in [-0.05, 0) is 17.7 Å². The molecule has 2 aromatic heterocycles. The Morgan fingerprint density at radius 1 is 0.923 bits per heavy atom. The highest BCUT2D eigenvalue weighted by Gasteiger charge is 2.33. The van der Waals surface area contributed by atoms with E-state index in [4.69, 9.17) is 0 Å². The summed E-state index contributed by atoms with van der Waals surface area (Å²) in [6.45, 7) is 0.229. The van der Waals surface area contributed by atoms with Crippen LogP contribution in [-0.2, 0) is 6.54 Å². The first-order chi connectivity index (χ1) is 12.7. The normalized spacial score (nSPS) is 13.4. The maximum Gasteiger partial charge on any atom is 0.278 e. The fraction of sp³-hybridized carbons (Fsp3) is 0.0500. The summed E-state index contributed by atoms with van der Waals surface area (Å²) in [6.07, 6.45) is 0. The van der Waals surface area contributed by atoms with Crippen molar-refractivity contribution in [3.63, 3.8) is 0 Å². The second-order valence-corrected chi connectivity index (χ2v) is 6.20. The second-order valence-electron chi connectivity index (χ2n) is 6.20. The van der Waals surface area contributed by atoms with E-state index in [2.05, 4.69) is 10.1 Å². The first-order valence-corrected chi connectivity index (χ1v) is 8.29. The number of rotatable bonds is 2. The molecule has 1 N–H and O–H groups in total. The van der Waals surface area contributed by atoms with E-state index in [1.54, 1.807) is 11.0 Å². The number of nitrogens with zero attached hydrogens (tertiary/aromatic N) is 3. The number of nitrogens with one attached hydrogen (secondary N) is 1. The molecule has 0 unspecified atom stereocenters. The largest absolute Gasteiger partial charge is 0.302 e. The van der Waals surface area contributed by atoms with Crippen LogP contribution in [0.1, 0.15) is 16.1 Å². The number of H-pyrrole nitrogens is 1. The van der Waals surface area contributed by atoms with Crippen molar-refractivity contribution in [2.45, 2.75) is 6.54 Å². The van der Waals surface area contributed by atoms with Crippen LogP contribution in [-0.4, -0.2) is 20.5 Å². The fourth-order valence-corrected chi connectivity index (χ4v) is 3.32. The first kappa shape index (κ1) is 14.7. The van der Waals surface area contributed by atoms with Gasteiger partial charge in [0.2, 0.25) is 0 Å². The van der Waals surface area contributed by atoms with Gasteiger partial charge in [-0.2, -0.15) is 0 Å². The summed E-state index contributed by atoms with van der Waals surface area (Å²) in [5.74, 6) is -0.242. The molecule has 4 aromatic rings. The number of carbonyl (C=O) groups is 1. The van der Waals surface area contributed by atoms with Crippen molar-refractivity contribution in [3.05, 3.63) is 88.3 Å². The lowest BCUT2D eigenvalue weighted by Gasteiger charge is -2.14. The summed E-state index contributed by atoms with van der Waals surface area (Å²) < 4.78 is 1.41. The summed E-state index contributed by atoms with van der Waals surface area (Å²) in [7, 11) is 0. The molecule has 5 rings (SSSR count). The number of carbonyl (C=O) groups excluding carboxylic acids is 1. The highest BCUT2D eigenvalue weighted by molar-refractivity contribution is 6.08. The van der Waals surface area contributed by atoms with E-state index in [1.165, 1.54) is 4.52 Å². The molecule has 1 aliphatic heterocycles. The summed E-state index contributed by atoms with van der Waals surface area (Å²) >= 11 is 0. The molecule has 3 heterocycles. The zero-order valence-corrected chi connectivity index (χ0v) is 13.7. The lowest BCUT2D eigenvalue weighted by atomic mass is 10.2. The highest BCUT2D eigenvalue weighted by Crippen LogP contribution is 2.26. The van der Waals surface area contributed by atoms with E-state index in [-0.39, 0.29) is 23.7 Å². The van der Waals surface area contributed by atoms with Gasteiger partial charge < -0.3 is 4.90 Å². The molecule has 0 saturated carbocycles. The van der Waals surface area contributed by atoms with Gasteiger partial charge in [0.05, 0.1) is 17.8 Å². The van der Waals surface area contributed by atoms with Crippen LogP contribution >= 0.6 is 0 Å². The van der Waals surface area contributed by atoms with Crippen molar-refractivity contribution in [1.29, 1.82) is 0 Å². The topological polar surface area (TPSA) is 70.5 Å². The third kappa shape index (κ3) is 2.09. The molecule has 26 heavy (non-hydrogen) atoms. The molecule has 0 bridgehead atoms. The minimum Gasteiger partial charge on any atom is -0.302 e. The van der Waals surface area contributed by atoms with Gasteiger partial charge in [-0.3, -0.25) is 14.7 Å². The van der Waals surface area contributed by atoms with Crippen molar-refractivity contribution in [1.82, 2.24) is 14.6 Å². The predicted octanol–water partition coefficient (Wildman–Crippen LogP) is 2.85. The van der Waals surface area contributed by atoms with Gasteiger partial charge in [0.1, 0.15) is 5.69 Å². The molecule has 6 nitrogen and oxygen atoms in total. The van der Waals surface area contributed by atoms with Gasteiger partial charge in [0.15, 0.2) is 5.65 Å². The minimum absolute atomic E-state index is 0.229. The monoisotopic (exact) mass is 342 g/mol. The zero-order valence-electron chi connectivity index (χ0n) is 13.7. The second kappa shape index (κ2) is 5.42. The molecule has 0 atom stereocenters. The summed E-state index contributed by atoms with van der Waals surface area (Å²) in [5, 5.41) is 3.09. The third-order valence-electron chi connectivity index (χ3n) is 4.62. The van der Waals surface area contributed by atoms with Crippen LogP contribution in [0.3, 0.4) is 0 Å². The maximum atomic E-state index is 12.9. The van der Waals surface area contributed by atoms with E-state index >= 15 is 0 Å². The Morgan fingerprint density at radius 2 is 1.62 bits per heavy atom. The SMILES string of the molecule is O=C1c2nc3cc(-c4ccccc4)[nH]n3c(=O)c2CN1c1ccccc1. The predicted molar refractivity (Wildman–Crippen MR) is 98.2 cm³/mol. The molecule has 1 aliphatic rings. The van der Waals surface area contributed by atoms with Gasteiger partial charge in [-0.15, -0.1) is 0 Å². The molecule has 0 spiro atoms. The standard InChI is InChI=1S/C20H14N4O2/c25-19-15-12-23(14-9-5-2-6-10-14)20(26)18(15)21-17-11-16(22-24(17)19)13-7-3-1-4-8-13/h1-11,22H,12H2. The van der Waals surface area contributed by atoms with Crippen molar-refractivity contribution < 1.29 is 4.79 Å². The number of amides is 1. The third-order valence-corrected chi connectivity index (χ3v) is 4.62. The van der Waals surface area contributed by atoms with E-state index in [9.17, 15) is 9.59 Å². The number of hydrogen-bond acceptors (Lipinski definition) is 3. The Bertz CT molecular complexity index is 1190. The van der Waals surface area contributed by atoms with Crippen LogP contribution in [0.5, 0.6) is 0 Å². The van der Waals surface area contributed by atoms with Crippen LogP contribution < -0.4 is 10.5 Å². The van der Waals surface area contributed by atoms with E-state index in [0.29, 0.717) is 11.2 Å². The van der Waals surface area contributed by atoms with Crippen LogP contribution in [0.4, 0.5) is 5.69 Å². The van der Waals surface area contributed by atoms with Gasteiger partial charge >= 0.3 is 0 Å². The van der Waals surface area contributed by atoms with Gasteiger partial charge in [0, 0.05) is 11.8 Å². The van der Waals surface area contributed by atoms with E-state index in [1.807, 2.05) is 60.7 Å². The van der Waals surface area contributed by atoms with Crippen molar-refractivity contribution in [3.8, 4) is 11.3 Å². The Balaban J connectivity index is 1.64. The Kier molecular flexibility index (Phi) is 3.05. The Morgan fingerprint density at radius 3 is 2.35 bits per heavy atom. The number of hydrogen-bond donors (Lipinski definition) is 1. The van der Waals surface area contributed by atoms with Gasteiger partial charge in [0.25, 0.3) is 11.5 Å². The van der Waals surface area contributed by atoms with Crippen molar-refractivity contribution in [2.75, 3.05) is 4.90 Å². The zero-order chi connectivity index (χ0) is 17.7. The molecule has 0 saturated heterocycles. The lowest BCUT2D eigenvalue weighted by molar-refractivity contribution is 0.0992. The number of anilines is 1. The van der Waals surface area contributed by atoms with Gasteiger partial charge in [-0.25, -0.2) is 9.50 Å². The fourth-order valence-electron chi connectivity index (χ4n) is 3.32. The molecular formula is C20H14N4O2. The van der Waals surface area contributed by atoms with Crippen molar-refractivity contribution >= 4 is 17.2 Å². The number of fused-ring (bicyclic) bond motifs is 2. The quantitative estimate of drug-likeness (QED) is 0.609. The molecule has 1 amide bonds. The maximum absolute atomic E-state index is 12.9. The first-order valence-electron chi connectivity index (χ1n) is 8.29. The minimum atomic E-state index is -0.242.